The fourth-order valence-electron chi connectivity index (χ4n) is 0.626. The number of carbonyl (C=O) groups is 3. The van der Waals surface area contributed by atoms with E-state index < -0.39 is 30.4 Å². The number of amides is 1. The molecule has 0 saturated carbocycles. The van der Waals surface area contributed by atoms with Gasteiger partial charge in [-0.2, -0.15) is 0 Å². The second kappa shape index (κ2) is 5.26. The lowest BCUT2D eigenvalue weighted by molar-refractivity contribution is -0.139. The third-order valence-corrected chi connectivity index (χ3v) is 1.27. The lowest BCUT2D eigenvalue weighted by atomic mass is 10.2. The van der Waals surface area contributed by atoms with E-state index in [-0.39, 0.29) is 0 Å². The normalized spacial score (nSPS) is 15.3. The zero-order valence-electron chi connectivity index (χ0n) is 8.11. The quantitative estimate of drug-likeness (QED) is 0.440. The summed E-state index contributed by atoms with van der Waals surface area (Å²) in [7, 11) is 0. The highest BCUT2D eigenvalue weighted by Crippen LogP contribution is 1.89. The lowest BCUT2D eigenvalue weighted by Gasteiger charge is -2.11. The molecule has 0 heterocycles. The maximum Gasteiger partial charge on any atom is 0.305 e. The Morgan fingerprint density at radius 1 is 1.77 bits per heavy atom. The van der Waals surface area contributed by atoms with Gasteiger partial charge < -0.3 is 20.9 Å². The van der Waals surface area contributed by atoms with Crippen LogP contribution < -0.4 is 11.0 Å². The second-order valence-electron chi connectivity index (χ2n) is 2.58. The Bertz CT molecular complexity index is 234. The number of carbonyl (C=O) groups excluding carboxylic acids is 2. The average molecular weight is 189 g/mol. The summed E-state index contributed by atoms with van der Waals surface area (Å²) in [5.41, 5.74) is 1.80. The minimum Gasteiger partial charge on any atom is -0.481 e. The fourth-order valence-corrected chi connectivity index (χ4v) is 0.626. The van der Waals surface area contributed by atoms with E-state index in [2.05, 4.69) is 5.32 Å². The molecule has 0 aromatic carbocycles. The van der Waals surface area contributed by atoms with E-state index >= 15 is 0 Å². The van der Waals surface area contributed by atoms with E-state index in [0.717, 1.165) is 0 Å². The van der Waals surface area contributed by atoms with Gasteiger partial charge in [-0.3, -0.25) is 9.59 Å². The van der Waals surface area contributed by atoms with Crippen molar-refractivity contribution in [3.05, 3.63) is 0 Å². The van der Waals surface area contributed by atoms with Crippen molar-refractivity contribution in [3.63, 3.8) is 0 Å². The molecule has 0 fully saturated rings. The van der Waals surface area contributed by atoms with Gasteiger partial charge in [0.15, 0.2) is 0 Å². The van der Waals surface area contributed by atoms with Crippen LogP contribution in [-0.2, 0) is 14.4 Å². The molecule has 0 saturated heterocycles. The van der Waals surface area contributed by atoms with Gasteiger partial charge in [0.25, 0.3) is 0 Å². The molecule has 0 bridgehead atoms. The van der Waals surface area contributed by atoms with E-state index in [1.807, 2.05) is 0 Å². The minimum atomic E-state index is -1.19. The van der Waals surface area contributed by atoms with Gasteiger partial charge >= 0.3 is 5.97 Å². The molecule has 4 N–H and O–H groups in total. The zero-order valence-corrected chi connectivity index (χ0v) is 7.11. The van der Waals surface area contributed by atoms with Gasteiger partial charge in [-0.25, -0.2) is 0 Å². The molecule has 6 heteroatoms. The lowest BCUT2D eigenvalue weighted by Crippen LogP contribution is -2.45. The summed E-state index contributed by atoms with van der Waals surface area (Å²) in [6.45, 7) is 1.45. The Labute approximate surface area is 76.6 Å². The smallest absolute Gasteiger partial charge is 0.305 e. The Morgan fingerprint density at radius 3 is 2.77 bits per heavy atom. The van der Waals surface area contributed by atoms with Crippen LogP contribution in [0, 0.1) is 0 Å². The average Bonchev–Trinajstić information content (AvgIpc) is 2.13. The summed E-state index contributed by atoms with van der Waals surface area (Å²) in [5, 5.41) is 10.6. The van der Waals surface area contributed by atoms with E-state index in [4.69, 9.17) is 6.52 Å². The summed E-state index contributed by atoms with van der Waals surface area (Å²) in [5.74, 6) is -1.87. The number of aliphatic carboxylic acids is 1. The maximum atomic E-state index is 11.2. The summed E-state index contributed by atoms with van der Waals surface area (Å²) >= 11 is 0. The first-order chi connectivity index (χ1) is 6.51. The predicted octanol–water partition coefficient (Wildman–Crippen LogP) is -1.51. The highest BCUT2D eigenvalue weighted by atomic mass is 16.4. The van der Waals surface area contributed by atoms with Gasteiger partial charge in [-0.05, 0) is 6.92 Å². The van der Waals surface area contributed by atoms with Crippen molar-refractivity contribution in [1.29, 1.82) is 0 Å². The molecule has 0 spiro atoms. The molecule has 0 aliphatic heterocycles. The van der Waals surface area contributed by atoms with Gasteiger partial charge in [0.1, 0.15) is 7.70 Å². The number of rotatable bonds is 6. The van der Waals surface area contributed by atoms with Gasteiger partial charge in [-0.15, -0.1) is 0 Å². The molecule has 74 valence electrons. The molecular formula is C7H12N2O4. The molecule has 0 rings (SSSR count). The largest absolute Gasteiger partial charge is 0.481 e. The number of nitrogens with one attached hydrogen (secondary N) is 1. The van der Waals surface area contributed by atoms with Crippen LogP contribution in [0.1, 0.15) is 13.3 Å². The number of aldehydes is 1. The van der Waals surface area contributed by atoms with Crippen LogP contribution in [0.5, 0.6) is 0 Å². The number of hydrogen-bond donors (Lipinski definition) is 3. The molecule has 0 aliphatic rings. The molecule has 2 atom stereocenters. The van der Waals surface area contributed by atoms with Crippen molar-refractivity contribution in [3.8, 4) is 0 Å². The van der Waals surface area contributed by atoms with Crippen molar-refractivity contribution >= 4 is 18.2 Å². The fraction of sp³-hybridized carbons (Fsp3) is 0.571. The van der Waals surface area contributed by atoms with Crippen molar-refractivity contribution < 1.29 is 20.9 Å². The first-order valence-electron chi connectivity index (χ1n) is 4.16. The standard InChI is InChI=1S/C7H12N2O4/c1-4(3-10)9-7(13)5(8)2-6(11)12/h3-5H,2,8H2,1H3,(H,9,13)(H,11,12)/t4-,5-/m0/s1/i/hD. The van der Waals surface area contributed by atoms with E-state index in [9.17, 15) is 14.4 Å². The predicted molar refractivity (Wildman–Crippen MR) is 43.9 cm³/mol. The van der Waals surface area contributed by atoms with Gasteiger partial charge in [0, 0.05) is 0 Å². The Balaban J connectivity index is 4.17. The Hall–Kier alpha value is -1.43. The topological polar surface area (TPSA) is 109 Å². The summed E-state index contributed by atoms with van der Waals surface area (Å²) in [4.78, 5) is 31.6. The SMILES string of the molecule is [2H]N[C@@H](CC(=O)O)C(=O)N[C@@H](C)C=O. The third kappa shape index (κ3) is 4.91. The van der Waals surface area contributed by atoms with Crippen molar-refractivity contribution in [1.82, 2.24) is 5.32 Å². The molecule has 0 radical (unpaired) electrons. The number of nitrogens with two attached hydrogens (primary N) is 1. The van der Waals surface area contributed by atoms with Crippen LogP contribution in [0.25, 0.3) is 0 Å². The van der Waals surface area contributed by atoms with Crippen LogP contribution in [-0.4, -0.2) is 35.4 Å². The molecule has 0 aromatic rings. The number of carboxylic acid groups (broad SMARTS) is 1. The van der Waals surface area contributed by atoms with Gasteiger partial charge in [-0.1, -0.05) is 0 Å². The summed E-state index contributed by atoms with van der Waals surface area (Å²) in [6, 6.07) is -1.83. The van der Waals surface area contributed by atoms with E-state index in [1.165, 1.54) is 6.92 Å². The molecule has 6 nitrogen and oxygen atoms in total. The van der Waals surface area contributed by atoms with Crippen LogP contribution in [0.2, 0.25) is 1.41 Å². The molecule has 1 amide bonds. The highest BCUT2D eigenvalue weighted by molar-refractivity contribution is 5.87. The van der Waals surface area contributed by atoms with Crippen LogP contribution in [0.4, 0.5) is 0 Å². The maximum absolute atomic E-state index is 11.2. The Morgan fingerprint density at radius 2 is 2.38 bits per heavy atom. The Kier molecular flexibility index (Phi) is 3.90. The molecular weight excluding hydrogens is 176 g/mol. The first-order valence-corrected chi connectivity index (χ1v) is 3.66. The zero-order chi connectivity index (χ0) is 11.1. The monoisotopic (exact) mass is 189 g/mol. The molecule has 0 unspecified atom stereocenters. The van der Waals surface area contributed by atoms with Gasteiger partial charge in [0.2, 0.25) is 5.91 Å². The summed E-state index contributed by atoms with van der Waals surface area (Å²) in [6.07, 6.45) is 0.0145. The van der Waals surface area contributed by atoms with Crippen molar-refractivity contribution in [2.24, 2.45) is 5.73 Å². The van der Waals surface area contributed by atoms with Crippen molar-refractivity contribution in [2.75, 3.05) is 0 Å². The van der Waals surface area contributed by atoms with E-state index in [1.54, 1.807) is 5.73 Å². The van der Waals surface area contributed by atoms with Crippen LogP contribution in [0.3, 0.4) is 0 Å². The van der Waals surface area contributed by atoms with Crippen LogP contribution in [0.15, 0.2) is 0 Å². The third-order valence-electron chi connectivity index (χ3n) is 1.27. The highest BCUT2D eigenvalue weighted by Gasteiger charge is 2.17. The van der Waals surface area contributed by atoms with Crippen molar-refractivity contribution in [2.45, 2.75) is 25.4 Å². The second-order valence-corrected chi connectivity index (χ2v) is 2.58. The van der Waals surface area contributed by atoms with E-state index in [0.29, 0.717) is 6.29 Å². The van der Waals surface area contributed by atoms with Crippen LogP contribution >= 0.6 is 0 Å². The number of hydrogen-bond acceptors (Lipinski definition) is 4. The number of carboxylic acids is 1. The molecule has 0 aromatic heterocycles. The first kappa shape index (κ1) is 9.66. The van der Waals surface area contributed by atoms with Gasteiger partial charge in [0.05, 0.1) is 18.5 Å². The minimum absolute atomic E-state index is 0.499. The molecule has 13 heavy (non-hydrogen) atoms. The summed E-state index contributed by atoms with van der Waals surface area (Å²) < 4.78 is 6.72. The molecule has 0 aliphatic carbocycles.